The van der Waals surface area contributed by atoms with Crippen molar-refractivity contribution in [3.05, 3.63) is 23.0 Å². The number of hydrogen-bond donors (Lipinski definition) is 4. The maximum atomic E-state index is 9.86. The molecule has 0 spiro atoms. The van der Waals surface area contributed by atoms with Gasteiger partial charge in [0.1, 0.15) is 5.75 Å². The monoisotopic (exact) mass is 262 g/mol. The number of nitrogens with two attached hydrogens (primary N) is 1. The van der Waals surface area contributed by atoms with Gasteiger partial charge < -0.3 is 21.1 Å². The van der Waals surface area contributed by atoms with Crippen LogP contribution in [0.4, 0.5) is 0 Å². The quantitative estimate of drug-likeness (QED) is 0.629. The average molecular weight is 263 g/mol. The SMILES string of the molecule is Cc1ncc(CO)c([C@H](N)CCCO)c1O.Cl. The minimum absolute atomic E-state index is 0. The fraction of sp³-hybridized carbons (Fsp3) is 0.545. The second-order valence-corrected chi connectivity index (χ2v) is 3.76. The molecule has 0 unspecified atom stereocenters. The maximum absolute atomic E-state index is 9.86. The van der Waals surface area contributed by atoms with Crippen LogP contribution < -0.4 is 5.73 Å². The molecule has 0 aromatic carbocycles. The summed E-state index contributed by atoms with van der Waals surface area (Å²) in [5.41, 5.74) is 7.48. The molecule has 5 nitrogen and oxygen atoms in total. The Hall–Kier alpha value is -0.880. The molecule has 98 valence electrons. The molecule has 0 bridgehead atoms. The van der Waals surface area contributed by atoms with Crippen LogP contribution in [-0.2, 0) is 6.61 Å². The Morgan fingerprint density at radius 2 is 2.06 bits per heavy atom. The van der Waals surface area contributed by atoms with E-state index in [1.165, 1.54) is 6.20 Å². The van der Waals surface area contributed by atoms with Crippen molar-refractivity contribution in [2.75, 3.05) is 6.61 Å². The van der Waals surface area contributed by atoms with Crippen molar-refractivity contribution in [2.45, 2.75) is 32.4 Å². The summed E-state index contributed by atoms with van der Waals surface area (Å²) in [7, 11) is 0. The van der Waals surface area contributed by atoms with E-state index in [2.05, 4.69) is 4.98 Å². The molecule has 0 amide bonds. The van der Waals surface area contributed by atoms with Gasteiger partial charge in [-0.05, 0) is 19.8 Å². The molecule has 0 aliphatic carbocycles. The van der Waals surface area contributed by atoms with E-state index >= 15 is 0 Å². The molecular weight excluding hydrogens is 244 g/mol. The number of halogens is 1. The number of aliphatic hydroxyl groups excluding tert-OH is 2. The van der Waals surface area contributed by atoms with Gasteiger partial charge in [-0.2, -0.15) is 0 Å². The zero-order valence-electron chi connectivity index (χ0n) is 9.76. The summed E-state index contributed by atoms with van der Waals surface area (Å²) in [6.45, 7) is 1.54. The second-order valence-electron chi connectivity index (χ2n) is 3.76. The normalized spacial score (nSPS) is 12.0. The molecule has 5 N–H and O–H groups in total. The highest BCUT2D eigenvalue weighted by Crippen LogP contribution is 2.30. The highest BCUT2D eigenvalue weighted by Gasteiger charge is 2.17. The Kier molecular flexibility index (Phi) is 7.06. The zero-order valence-corrected chi connectivity index (χ0v) is 10.6. The molecule has 0 saturated heterocycles. The number of aryl methyl sites for hydroxylation is 1. The lowest BCUT2D eigenvalue weighted by atomic mass is 9.97. The van der Waals surface area contributed by atoms with Crippen molar-refractivity contribution < 1.29 is 15.3 Å². The Labute approximate surface area is 107 Å². The molecular formula is C11H19ClN2O3. The Bertz CT molecular complexity index is 361. The first-order valence-electron chi connectivity index (χ1n) is 5.26. The molecule has 6 heteroatoms. The molecule has 1 aromatic rings. The third kappa shape index (κ3) is 3.81. The first-order valence-corrected chi connectivity index (χ1v) is 5.26. The molecule has 17 heavy (non-hydrogen) atoms. The minimum atomic E-state index is -0.393. The number of nitrogens with zero attached hydrogens (tertiary/aromatic N) is 1. The Morgan fingerprint density at radius 3 is 2.59 bits per heavy atom. The number of aliphatic hydroxyl groups is 2. The van der Waals surface area contributed by atoms with Crippen molar-refractivity contribution in [3.63, 3.8) is 0 Å². The van der Waals surface area contributed by atoms with Gasteiger partial charge in [0.15, 0.2) is 0 Å². The minimum Gasteiger partial charge on any atom is -0.506 e. The maximum Gasteiger partial charge on any atom is 0.141 e. The number of aromatic hydroxyl groups is 1. The summed E-state index contributed by atoms with van der Waals surface area (Å²) >= 11 is 0. The molecule has 1 heterocycles. The van der Waals surface area contributed by atoms with Gasteiger partial charge in [-0.25, -0.2) is 0 Å². The standard InChI is InChI=1S/C11H18N2O3.ClH/c1-7-11(16)10(8(6-15)5-13-7)9(12)3-2-4-14;/h5,9,14-16H,2-4,6,12H2,1H3;1H/t9-;/m1./s1. The first-order chi connectivity index (χ1) is 7.61. The van der Waals surface area contributed by atoms with E-state index in [0.717, 1.165) is 0 Å². The molecule has 1 atom stereocenters. The number of pyridine rings is 1. The van der Waals surface area contributed by atoms with E-state index < -0.39 is 6.04 Å². The molecule has 1 aromatic heterocycles. The highest BCUT2D eigenvalue weighted by molar-refractivity contribution is 5.85. The fourth-order valence-corrected chi connectivity index (χ4v) is 1.65. The summed E-state index contributed by atoms with van der Waals surface area (Å²) in [5.74, 6) is 0.0389. The molecule has 0 aliphatic heterocycles. The lowest BCUT2D eigenvalue weighted by Crippen LogP contribution is -2.14. The van der Waals surface area contributed by atoms with Gasteiger partial charge in [0, 0.05) is 30.0 Å². The van der Waals surface area contributed by atoms with Crippen LogP contribution in [0.5, 0.6) is 5.75 Å². The lowest BCUT2D eigenvalue weighted by molar-refractivity contribution is 0.272. The Balaban J connectivity index is 0.00000256. The van der Waals surface area contributed by atoms with Crippen molar-refractivity contribution in [1.29, 1.82) is 0 Å². The van der Waals surface area contributed by atoms with E-state index in [9.17, 15) is 5.11 Å². The van der Waals surface area contributed by atoms with Gasteiger partial charge in [0.2, 0.25) is 0 Å². The summed E-state index contributed by atoms with van der Waals surface area (Å²) in [4.78, 5) is 3.96. The van der Waals surface area contributed by atoms with Gasteiger partial charge in [-0.15, -0.1) is 12.4 Å². The highest BCUT2D eigenvalue weighted by atomic mass is 35.5. The largest absolute Gasteiger partial charge is 0.506 e. The van der Waals surface area contributed by atoms with E-state index in [1.807, 2.05) is 0 Å². The van der Waals surface area contributed by atoms with Gasteiger partial charge in [-0.3, -0.25) is 4.98 Å². The fourth-order valence-electron chi connectivity index (χ4n) is 1.65. The van der Waals surface area contributed by atoms with Gasteiger partial charge in [0.05, 0.1) is 12.3 Å². The molecule has 1 rings (SSSR count). The molecule has 0 radical (unpaired) electrons. The molecule has 0 saturated carbocycles. The van der Waals surface area contributed by atoms with Gasteiger partial charge in [0.25, 0.3) is 0 Å². The van der Waals surface area contributed by atoms with Crippen molar-refractivity contribution in [1.82, 2.24) is 4.98 Å². The van der Waals surface area contributed by atoms with E-state index in [-0.39, 0.29) is 31.4 Å². The smallest absolute Gasteiger partial charge is 0.141 e. The number of rotatable bonds is 5. The predicted octanol–water partition coefficient (Wildman–Crippen LogP) is 0.782. The third-order valence-corrected chi connectivity index (χ3v) is 2.57. The van der Waals surface area contributed by atoms with Crippen LogP contribution in [-0.4, -0.2) is 26.9 Å². The van der Waals surface area contributed by atoms with Gasteiger partial charge >= 0.3 is 0 Å². The van der Waals surface area contributed by atoms with Crippen LogP contribution in [0.1, 0.15) is 35.7 Å². The van der Waals surface area contributed by atoms with Gasteiger partial charge in [-0.1, -0.05) is 0 Å². The van der Waals surface area contributed by atoms with E-state index in [0.29, 0.717) is 29.7 Å². The first kappa shape index (κ1) is 16.1. The Morgan fingerprint density at radius 1 is 1.41 bits per heavy atom. The zero-order chi connectivity index (χ0) is 12.1. The van der Waals surface area contributed by atoms with Crippen LogP contribution in [0.3, 0.4) is 0 Å². The second kappa shape index (κ2) is 7.45. The van der Waals surface area contributed by atoms with Crippen LogP contribution >= 0.6 is 12.4 Å². The number of hydrogen-bond acceptors (Lipinski definition) is 5. The molecule has 0 fully saturated rings. The van der Waals surface area contributed by atoms with Crippen LogP contribution in [0.15, 0.2) is 6.20 Å². The molecule has 0 aliphatic rings. The lowest BCUT2D eigenvalue weighted by Gasteiger charge is -2.17. The van der Waals surface area contributed by atoms with Crippen LogP contribution in [0.25, 0.3) is 0 Å². The predicted molar refractivity (Wildman–Crippen MR) is 67.1 cm³/mol. The van der Waals surface area contributed by atoms with E-state index in [4.69, 9.17) is 15.9 Å². The summed E-state index contributed by atoms with van der Waals surface area (Å²) < 4.78 is 0. The summed E-state index contributed by atoms with van der Waals surface area (Å²) in [6.07, 6.45) is 2.64. The van der Waals surface area contributed by atoms with Crippen molar-refractivity contribution >= 4 is 12.4 Å². The van der Waals surface area contributed by atoms with Crippen molar-refractivity contribution in [3.8, 4) is 5.75 Å². The van der Waals surface area contributed by atoms with Crippen LogP contribution in [0, 0.1) is 6.92 Å². The van der Waals surface area contributed by atoms with Crippen molar-refractivity contribution in [2.24, 2.45) is 5.73 Å². The average Bonchev–Trinajstić information content (AvgIpc) is 2.29. The van der Waals surface area contributed by atoms with E-state index in [1.54, 1.807) is 6.92 Å². The van der Waals surface area contributed by atoms with Crippen LogP contribution in [0.2, 0.25) is 0 Å². The summed E-state index contributed by atoms with van der Waals surface area (Å²) in [6, 6.07) is -0.393. The third-order valence-electron chi connectivity index (χ3n) is 2.57. The topological polar surface area (TPSA) is 99.6 Å². The number of aromatic nitrogens is 1. The summed E-state index contributed by atoms with van der Waals surface area (Å²) in [5, 5.41) is 27.7.